The molecule has 0 amide bonds. The van der Waals surface area contributed by atoms with E-state index in [4.69, 9.17) is 0 Å². The van der Waals surface area contributed by atoms with Crippen LogP contribution in [-0.2, 0) is 16.2 Å². The summed E-state index contributed by atoms with van der Waals surface area (Å²) in [5.41, 5.74) is -0.0169. The Kier molecular flexibility index (Phi) is 7.79. The summed E-state index contributed by atoms with van der Waals surface area (Å²) in [5.74, 6) is 0. The van der Waals surface area contributed by atoms with E-state index in [0.717, 1.165) is 17.5 Å². The van der Waals surface area contributed by atoms with Gasteiger partial charge < -0.3 is 5.32 Å². The number of pyridine rings is 1. The molecule has 9 heteroatoms. The van der Waals surface area contributed by atoms with Gasteiger partial charge in [-0.25, -0.2) is 13.1 Å². The molecular formula is C23H22F3N3O2S. The molecule has 0 aliphatic rings. The highest BCUT2D eigenvalue weighted by Gasteiger charge is 2.29. The number of fused-ring (bicyclic) bond motifs is 1. The Bertz CT molecular complexity index is 1200. The van der Waals surface area contributed by atoms with Crippen molar-refractivity contribution in [2.24, 2.45) is 0 Å². The first-order chi connectivity index (χ1) is 15.3. The molecule has 0 saturated heterocycles. The summed E-state index contributed by atoms with van der Waals surface area (Å²) in [5, 5.41) is 4.46. The van der Waals surface area contributed by atoms with Gasteiger partial charge in [0.05, 0.1) is 10.5 Å². The average molecular weight is 462 g/mol. The van der Waals surface area contributed by atoms with Crippen molar-refractivity contribution >= 4 is 26.9 Å². The maximum Gasteiger partial charge on any atom is 0.416 e. The Balaban J connectivity index is 1.41. The van der Waals surface area contributed by atoms with Gasteiger partial charge in [0.25, 0.3) is 0 Å². The van der Waals surface area contributed by atoms with Crippen LogP contribution >= 0.6 is 0 Å². The van der Waals surface area contributed by atoms with Crippen molar-refractivity contribution in [2.45, 2.75) is 11.1 Å². The molecule has 0 spiro atoms. The third-order valence-corrected chi connectivity index (χ3v) is 6.08. The number of alkyl halides is 3. The fourth-order valence-corrected chi connectivity index (χ4v) is 4.22. The van der Waals surface area contributed by atoms with Gasteiger partial charge in [0, 0.05) is 42.8 Å². The predicted molar refractivity (Wildman–Crippen MR) is 119 cm³/mol. The summed E-state index contributed by atoms with van der Waals surface area (Å²) in [7, 11) is -3.65. The predicted octanol–water partition coefficient (Wildman–Crippen LogP) is 4.39. The van der Waals surface area contributed by atoms with Crippen LogP contribution in [0, 0.1) is 0 Å². The molecule has 0 aliphatic heterocycles. The second kappa shape index (κ2) is 10.5. The number of sulfonamides is 1. The minimum Gasteiger partial charge on any atom is -0.312 e. The van der Waals surface area contributed by atoms with Crippen molar-refractivity contribution in [3.8, 4) is 0 Å². The van der Waals surface area contributed by atoms with Gasteiger partial charge in [-0.2, -0.15) is 13.2 Å². The molecule has 0 radical (unpaired) electrons. The molecule has 2 N–H and O–H groups in total. The molecule has 1 aromatic heterocycles. The van der Waals surface area contributed by atoms with Gasteiger partial charge in [-0.1, -0.05) is 48.6 Å². The maximum absolute atomic E-state index is 12.6. The van der Waals surface area contributed by atoms with Gasteiger partial charge in [-0.05, 0) is 29.8 Å². The number of nitrogens with one attached hydrogen (secondary N) is 2. The molecule has 1 heterocycles. The third kappa shape index (κ3) is 6.49. The van der Waals surface area contributed by atoms with E-state index in [1.807, 2.05) is 6.08 Å². The summed E-state index contributed by atoms with van der Waals surface area (Å²) in [6, 6.07) is 11.6. The minimum atomic E-state index is -4.34. The van der Waals surface area contributed by atoms with Gasteiger partial charge in [-0.3, -0.25) is 4.98 Å². The van der Waals surface area contributed by atoms with Gasteiger partial charge >= 0.3 is 6.18 Å². The second-order valence-corrected chi connectivity index (χ2v) is 8.60. The smallest absolute Gasteiger partial charge is 0.312 e. The van der Waals surface area contributed by atoms with Crippen molar-refractivity contribution < 1.29 is 21.6 Å². The number of nitrogens with zero attached hydrogens (tertiary/aromatic N) is 1. The van der Waals surface area contributed by atoms with Crippen LogP contribution in [0.1, 0.15) is 11.1 Å². The second-order valence-electron chi connectivity index (χ2n) is 6.86. The Morgan fingerprint density at radius 1 is 0.969 bits per heavy atom. The van der Waals surface area contributed by atoms with Crippen molar-refractivity contribution in [3.05, 3.63) is 90.3 Å². The summed E-state index contributed by atoms with van der Waals surface area (Å²) >= 11 is 0. The number of rotatable bonds is 9. The molecule has 32 heavy (non-hydrogen) atoms. The molecule has 0 bridgehead atoms. The maximum atomic E-state index is 12.6. The van der Waals surface area contributed by atoms with E-state index in [1.54, 1.807) is 54.9 Å². The SMILES string of the molecule is O=S(=O)(NCCNC/C=C/C=C/c1ccc(C(F)(F)F)cc1)c1cccc2cnccc12. The zero-order valence-corrected chi connectivity index (χ0v) is 17.8. The van der Waals surface area contributed by atoms with Crippen LogP contribution in [0.2, 0.25) is 0 Å². The van der Waals surface area contributed by atoms with E-state index >= 15 is 0 Å². The number of allylic oxidation sites excluding steroid dienone is 2. The van der Waals surface area contributed by atoms with E-state index in [1.165, 1.54) is 12.1 Å². The van der Waals surface area contributed by atoms with Crippen LogP contribution in [0.3, 0.4) is 0 Å². The van der Waals surface area contributed by atoms with Crippen molar-refractivity contribution in [3.63, 3.8) is 0 Å². The molecule has 168 valence electrons. The van der Waals surface area contributed by atoms with Crippen molar-refractivity contribution in [2.75, 3.05) is 19.6 Å². The largest absolute Gasteiger partial charge is 0.416 e. The van der Waals surface area contributed by atoms with Crippen LogP contribution in [0.5, 0.6) is 0 Å². The summed E-state index contributed by atoms with van der Waals surface area (Å²) < 4.78 is 65.4. The van der Waals surface area contributed by atoms with E-state index in [-0.39, 0.29) is 11.4 Å². The van der Waals surface area contributed by atoms with Crippen molar-refractivity contribution in [1.29, 1.82) is 0 Å². The third-order valence-electron chi connectivity index (χ3n) is 4.56. The molecule has 5 nitrogen and oxygen atoms in total. The molecule has 0 saturated carbocycles. The van der Waals surface area contributed by atoms with Crippen LogP contribution in [0.15, 0.2) is 84.0 Å². The van der Waals surface area contributed by atoms with Gasteiger partial charge in [-0.15, -0.1) is 0 Å². The van der Waals surface area contributed by atoms with E-state index in [2.05, 4.69) is 15.0 Å². The lowest BCUT2D eigenvalue weighted by atomic mass is 10.1. The zero-order chi connectivity index (χ0) is 23.0. The van der Waals surface area contributed by atoms with E-state index < -0.39 is 21.8 Å². The van der Waals surface area contributed by atoms with Gasteiger partial charge in [0.1, 0.15) is 0 Å². The minimum absolute atomic E-state index is 0.214. The summed E-state index contributed by atoms with van der Waals surface area (Å²) in [6.45, 7) is 1.16. The zero-order valence-electron chi connectivity index (χ0n) is 17.0. The summed E-state index contributed by atoms with van der Waals surface area (Å²) in [6.07, 6.45) is 5.85. The number of aromatic nitrogens is 1. The first kappa shape index (κ1) is 23.6. The molecule has 3 rings (SSSR count). The molecular weight excluding hydrogens is 439 g/mol. The van der Waals surface area contributed by atoms with Crippen molar-refractivity contribution in [1.82, 2.24) is 15.0 Å². The van der Waals surface area contributed by atoms with Crippen LogP contribution < -0.4 is 10.0 Å². The molecule has 0 unspecified atom stereocenters. The van der Waals surface area contributed by atoms with E-state index in [0.29, 0.717) is 24.0 Å². The fourth-order valence-electron chi connectivity index (χ4n) is 2.96. The quantitative estimate of drug-likeness (QED) is 0.366. The number of hydrogen-bond acceptors (Lipinski definition) is 4. The standard InChI is InChI=1S/C23H22F3N3O2S/c24-23(25,26)20-10-8-18(9-11-20)5-2-1-3-13-27-15-16-29-32(30,31)22-7-4-6-19-17-28-14-12-21(19)22/h1-12,14,17,27,29H,13,15-16H2/b3-1+,5-2+. The molecule has 0 aliphatic carbocycles. The topological polar surface area (TPSA) is 71.1 Å². The number of halogens is 3. The lowest BCUT2D eigenvalue weighted by Gasteiger charge is -2.09. The first-order valence-corrected chi connectivity index (χ1v) is 11.3. The van der Waals surface area contributed by atoms with Crippen LogP contribution in [-0.4, -0.2) is 33.0 Å². The van der Waals surface area contributed by atoms with Gasteiger partial charge in [0.15, 0.2) is 0 Å². The average Bonchev–Trinajstić information content (AvgIpc) is 2.77. The number of benzene rings is 2. The Morgan fingerprint density at radius 3 is 2.50 bits per heavy atom. The van der Waals surface area contributed by atoms with Crippen LogP contribution in [0.4, 0.5) is 13.2 Å². The normalized spacial score (nSPS) is 12.8. The summed E-state index contributed by atoms with van der Waals surface area (Å²) in [4.78, 5) is 4.22. The lowest BCUT2D eigenvalue weighted by molar-refractivity contribution is -0.137. The molecule has 2 aromatic carbocycles. The molecule has 0 fully saturated rings. The molecule has 3 aromatic rings. The molecule has 0 atom stereocenters. The highest BCUT2D eigenvalue weighted by molar-refractivity contribution is 7.89. The number of hydrogen-bond donors (Lipinski definition) is 2. The fraction of sp³-hybridized carbons (Fsp3) is 0.174. The lowest BCUT2D eigenvalue weighted by Crippen LogP contribution is -2.32. The monoisotopic (exact) mass is 461 g/mol. The highest BCUT2D eigenvalue weighted by atomic mass is 32.2. The first-order valence-electron chi connectivity index (χ1n) is 9.81. The van der Waals surface area contributed by atoms with Gasteiger partial charge in [0.2, 0.25) is 10.0 Å². The Morgan fingerprint density at radius 2 is 1.75 bits per heavy atom. The Labute approximate surface area is 184 Å². The Hall–Kier alpha value is -3.01. The van der Waals surface area contributed by atoms with E-state index in [9.17, 15) is 21.6 Å². The highest BCUT2D eigenvalue weighted by Crippen LogP contribution is 2.29. The van der Waals surface area contributed by atoms with Crippen LogP contribution in [0.25, 0.3) is 16.8 Å².